The lowest BCUT2D eigenvalue weighted by Gasteiger charge is -2.23. The van der Waals surface area contributed by atoms with Crippen LogP contribution in [0.3, 0.4) is 0 Å². The Kier molecular flexibility index (Phi) is 11.2. The molecule has 0 saturated carbocycles. The molecule has 2 amide bonds. The third kappa shape index (κ3) is 9.13. The highest BCUT2D eigenvalue weighted by molar-refractivity contribution is 5.98. The van der Waals surface area contributed by atoms with E-state index in [1.807, 2.05) is 60.7 Å². The van der Waals surface area contributed by atoms with Crippen molar-refractivity contribution in [2.75, 3.05) is 18.5 Å². The number of hydrogen-bond acceptors (Lipinski definition) is 7. The molecule has 38 heavy (non-hydrogen) atoms. The highest BCUT2D eigenvalue weighted by Crippen LogP contribution is 2.20. The number of nitrogens with one attached hydrogen (secondary N) is 2. The first-order chi connectivity index (χ1) is 17.6. The van der Waals surface area contributed by atoms with E-state index < -0.39 is 29.4 Å². The monoisotopic (exact) mass is 523 g/mol. The minimum absolute atomic E-state index is 0. The molecule has 1 aromatic heterocycles. The van der Waals surface area contributed by atoms with Crippen LogP contribution in [0, 0.1) is 0 Å². The van der Waals surface area contributed by atoms with E-state index in [2.05, 4.69) is 15.6 Å². The van der Waals surface area contributed by atoms with E-state index >= 15 is 0 Å². The molecule has 4 N–H and O–H groups in total. The van der Waals surface area contributed by atoms with Crippen LogP contribution < -0.4 is 16.4 Å². The summed E-state index contributed by atoms with van der Waals surface area (Å²) in [4.78, 5) is 41.3. The van der Waals surface area contributed by atoms with E-state index in [1.54, 1.807) is 30.9 Å². The van der Waals surface area contributed by atoms with Gasteiger partial charge in [-0.15, -0.1) is 0 Å². The van der Waals surface area contributed by atoms with Crippen molar-refractivity contribution in [3.05, 3.63) is 84.3 Å². The Bertz CT molecular complexity index is 1180. The van der Waals surface area contributed by atoms with Crippen LogP contribution in [0.25, 0.3) is 0 Å². The average molecular weight is 524 g/mol. The Hall–Kier alpha value is -4.02. The summed E-state index contributed by atoms with van der Waals surface area (Å²) in [6.07, 6.45) is 3.18. The van der Waals surface area contributed by atoms with Crippen LogP contribution in [0.4, 0.5) is 5.82 Å². The number of amides is 2. The van der Waals surface area contributed by atoms with Gasteiger partial charge in [0, 0.05) is 13.1 Å². The predicted molar refractivity (Wildman–Crippen MR) is 145 cm³/mol. The van der Waals surface area contributed by atoms with Crippen molar-refractivity contribution in [3.63, 3.8) is 0 Å². The number of nitrogens with two attached hydrogens (primary N) is 1. The molecule has 0 fully saturated rings. The van der Waals surface area contributed by atoms with Crippen molar-refractivity contribution in [1.82, 2.24) is 14.9 Å². The van der Waals surface area contributed by atoms with Crippen LogP contribution in [0.1, 0.15) is 45.4 Å². The lowest BCUT2D eigenvalue weighted by atomic mass is 10.1. The fourth-order valence-electron chi connectivity index (χ4n) is 3.41. The van der Waals surface area contributed by atoms with Crippen LogP contribution in [-0.4, -0.2) is 52.1 Å². The number of nitrogens with zero attached hydrogens (tertiary/aromatic N) is 2. The van der Waals surface area contributed by atoms with Gasteiger partial charge in [-0.05, 0) is 25.0 Å². The molecule has 10 heteroatoms. The Morgan fingerprint density at radius 3 is 2.26 bits per heavy atom. The lowest BCUT2D eigenvalue weighted by Crippen LogP contribution is -2.56. The quantitative estimate of drug-likeness (QED) is 0.310. The maximum Gasteiger partial charge on any atom is 0.302 e. The summed E-state index contributed by atoms with van der Waals surface area (Å²) in [6, 6.07) is 17.6. The normalized spacial score (nSPS) is 12.5. The molecular weight excluding hydrogens is 486 g/mol. The van der Waals surface area contributed by atoms with Crippen molar-refractivity contribution in [3.8, 4) is 0 Å². The van der Waals surface area contributed by atoms with Gasteiger partial charge in [0.15, 0.2) is 5.82 Å². The molecule has 3 aromatic rings. The second-order valence-electron chi connectivity index (χ2n) is 9.17. The molecule has 0 aliphatic heterocycles. The van der Waals surface area contributed by atoms with Crippen molar-refractivity contribution < 1.29 is 23.9 Å². The third-order valence-electron chi connectivity index (χ3n) is 5.44. The van der Waals surface area contributed by atoms with Gasteiger partial charge in [-0.1, -0.05) is 68.1 Å². The topological polar surface area (TPSA) is 138 Å². The summed E-state index contributed by atoms with van der Waals surface area (Å²) in [5, 5.41) is 5.38. The number of benzene rings is 2. The number of rotatable bonds is 12. The summed E-state index contributed by atoms with van der Waals surface area (Å²) in [5.74, 6) is -1.13. The first kappa shape index (κ1) is 30.2. The maximum absolute atomic E-state index is 13.1. The molecule has 10 nitrogen and oxygen atoms in total. The third-order valence-corrected chi connectivity index (χ3v) is 5.44. The second-order valence-corrected chi connectivity index (χ2v) is 9.17. The summed E-state index contributed by atoms with van der Waals surface area (Å²) in [5.41, 5.74) is 6.57. The fraction of sp³-hybridized carbons (Fsp3) is 0.357. The first-order valence-corrected chi connectivity index (χ1v) is 11.9. The zero-order valence-corrected chi connectivity index (χ0v) is 21.2. The van der Waals surface area contributed by atoms with Crippen LogP contribution in [0.15, 0.2) is 73.2 Å². The molecule has 204 valence electrons. The first-order valence-electron chi connectivity index (χ1n) is 11.9. The Morgan fingerprint density at radius 2 is 1.66 bits per heavy atom. The molecule has 1 heterocycles. The molecule has 2 aromatic carbocycles. The number of imidazole rings is 1. The molecule has 0 saturated heterocycles. The van der Waals surface area contributed by atoms with Gasteiger partial charge >= 0.3 is 5.97 Å². The molecule has 0 bridgehead atoms. The van der Waals surface area contributed by atoms with Gasteiger partial charge in [0.1, 0.15) is 12.6 Å². The van der Waals surface area contributed by atoms with E-state index in [0.717, 1.165) is 11.1 Å². The van der Waals surface area contributed by atoms with E-state index in [9.17, 15) is 14.4 Å². The summed E-state index contributed by atoms with van der Waals surface area (Å²) < 4.78 is 12.7. The van der Waals surface area contributed by atoms with Gasteiger partial charge in [0.2, 0.25) is 5.91 Å². The highest BCUT2D eigenvalue weighted by atomic mass is 16.5. The van der Waals surface area contributed by atoms with Crippen LogP contribution in [0.2, 0.25) is 0 Å². The minimum Gasteiger partial charge on any atom is -0.463 e. The van der Waals surface area contributed by atoms with Gasteiger partial charge in [-0.25, -0.2) is 4.98 Å². The second kappa shape index (κ2) is 14.1. The van der Waals surface area contributed by atoms with E-state index in [0.29, 0.717) is 0 Å². The smallest absolute Gasteiger partial charge is 0.302 e. The van der Waals surface area contributed by atoms with E-state index in [-0.39, 0.29) is 39.1 Å². The van der Waals surface area contributed by atoms with Crippen LogP contribution >= 0.6 is 0 Å². The van der Waals surface area contributed by atoms with Crippen LogP contribution in [-0.2, 0) is 30.5 Å². The fourth-order valence-corrected chi connectivity index (χ4v) is 3.41. The van der Waals surface area contributed by atoms with Crippen LogP contribution in [0.5, 0.6) is 0 Å². The number of carbonyl (C=O) groups excluding carboxylic acids is 3. The van der Waals surface area contributed by atoms with Crippen molar-refractivity contribution in [2.24, 2.45) is 5.73 Å². The largest absolute Gasteiger partial charge is 0.463 e. The average Bonchev–Trinajstić information content (AvgIpc) is 3.32. The maximum atomic E-state index is 13.1. The Morgan fingerprint density at radius 1 is 1.03 bits per heavy atom. The molecule has 0 radical (unpaired) electrons. The Balaban J connectivity index is 0.00000507. The van der Waals surface area contributed by atoms with Crippen molar-refractivity contribution in [2.45, 2.75) is 52.4 Å². The molecule has 1 unspecified atom stereocenters. The number of hydrogen-bond donors (Lipinski definition) is 3. The summed E-state index contributed by atoms with van der Waals surface area (Å²) in [7, 11) is 0. The standard InChI is InChI=1S/C27H33N5O5.CH4/c1-19(33)37-17-23(21-12-8-5-9-13-21)32-14-24(29-18-32)31-25(34)22(30-26(35)27(2,3)28)16-36-15-20-10-6-4-7-11-20;/h4-14,18,22-23H,15-17,28H2,1-3H3,(H,30,35)(H,31,34);1H4/t22-,23?;/m1./s1. The summed E-state index contributed by atoms with van der Waals surface area (Å²) in [6.45, 7) is 4.75. The minimum atomic E-state index is -1.18. The zero-order chi connectivity index (χ0) is 26.8. The van der Waals surface area contributed by atoms with Crippen molar-refractivity contribution >= 4 is 23.6 Å². The predicted octanol–water partition coefficient (Wildman–Crippen LogP) is 3.05. The number of aromatic nitrogens is 2. The summed E-state index contributed by atoms with van der Waals surface area (Å²) >= 11 is 0. The molecule has 3 rings (SSSR count). The van der Waals surface area contributed by atoms with Gasteiger partial charge in [0.25, 0.3) is 5.91 Å². The highest BCUT2D eigenvalue weighted by Gasteiger charge is 2.29. The number of ether oxygens (including phenoxy) is 2. The van der Waals surface area contributed by atoms with Gasteiger partial charge in [-0.3, -0.25) is 14.4 Å². The van der Waals surface area contributed by atoms with Crippen molar-refractivity contribution in [1.29, 1.82) is 0 Å². The SMILES string of the molecule is C.CC(=O)OCC(c1ccccc1)n1cnc(NC(=O)[C@@H](COCc2ccccc2)NC(=O)C(C)(C)N)c1. The van der Waals surface area contributed by atoms with Gasteiger partial charge < -0.3 is 30.4 Å². The molecule has 2 atom stereocenters. The molecule has 0 aliphatic rings. The van der Waals surface area contributed by atoms with E-state index in [4.69, 9.17) is 15.2 Å². The number of anilines is 1. The number of carbonyl (C=O) groups is 3. The van der Waals surface area contributed by atoms with Gasteiger partial charge in [-0.2, -0.15) is 0 Å². The number of esters is 1. The van der Waals surface area contributed by atoms with Gasteiger partial charge in [0.05, 0.1) is 31.1 Å². The zero-order valence-electron chi connectivity index (χ0n) is 21.2. The molecule has 0 spiro atoms. The molecule has 0 aliphatic carbocycles. The molecular formula is C28H37N5O5. The Labute approximate surface area is 223 Å². The van der Waals surface area contributed by atoms with E-state index in [1.165, 1.54) is 6.92 Å². The lowest BCUT2D eigenvalue weighted by molar-refractivity contribution is -0.141.